The number of carbonyl (C=O) groups is 4. The fraction of sp³-hybridized carbons (Fsp3) is 0.950. The maximum absolute atomic E-state index is 13.1. The molecule has 3 N–H and O–H groups in total. The Morgan fingerprint density at radius 3 is 0.768 bits per heavy atom. The fourth-order valence-corrected chi connectivity index (χ4v) is 13.9. The maximum atomic E-state index is 13.1. The van der Waals surface area contributed by atoms with Crippen LogP contribution in [-0.4, -0.2) is 96.7 Å². The summed E-state index contributed by atoms with van der Waals surface area (Å²) in [5, 5.41) is 10.6. The molecule has 0 aromatic heterocycles. The summed E-state index contributed by atoms with van der Waals surface area (Å²) < 4.78 is 68.4. The lowest BCUT2D eigenvalue weighted by Gasteiger charge is -2.21. The molecule has 0 amide bonds. The van der Waals surface area contributed by atoms with Crippen molar-refractivity contribution in [2.75, 3.05) is 39.6 Å². The Morgan fingerprint density at radius 2 is 0.515 bits per heavy atom. The van der Waals surface area contributed by atoms with Crippen molar-refractivity contribution in [1.82, 2.24) is 0 Å². The summed E-state index contributed by atoms with van der Waals surface area (Å²) in [5.74, 6) is -0.516. The van der Waals surface area contributed by atoms with Crippen LogP contribution in [0.1, 0.15) is 420 Å². The molecule has 0 aromatic rings. The summed E-state index contributed by atoms with van der Waals surface area (Å²) in [6.07, 6.45) is 61.7. The standard InChI is InChI=1S/C80H156O17P2/c1-7-10-12-14-15-16-17-18-19-20-21-22-26-29-32-35-40-45-51-57-63-78(83)91-69-76(97-79(84)64-58-52-46-41-36-33-30-27-24-23-25-28-31-34-39-44-50-55-61-73(6)9-3)71-95-99(88,89)93-67-74(81)66-92-98(86,87)94-70-75(68-90-77(82)62-56-48-13-11-8-2)96-80(85)65-59-53-47-42-37-38-43-49-54-60-72(4)5/h72-76,81H,7-71H2,1-6H3,(H,86,87)(H,88,89)/t73?,74-,75+,76+/m0/s1. The van der Waals surface area contributed by atoms with Gasteiger partial charge in [-0.05, 0) is 37.5 Å². The first kappa shape index (κ1) is 97.1. The summed E-state index contributed by atoms with van der Waals surface area (Å²) in [7, 11) is -9.91. The lowest BCUT2D eigenvalue weighted by molar-refractivity contribution is -0.161. The van der Waals surface area contributed by atoms with Crippen molar-refractivity contribution in [2.24, 2.45) is 11.8 Å². The number of ether oxygens (including phenoxy) is 4. The highest BCUT2D eigenvalue weighted by Crippen LogP contribution is 2.45. The van der Waals surface area contributed by atoms with E-state index in [1.165, 1.54) is 231 Å². The van der Waals surface area contributed by atoms with E-state index < -0.39 is 97.5 Å². The van der Waals surface area contributed by atoms with Gasteiger partial charge < -0.3 is 33.8 Å². The third-order valence-electron chi connectivity index (χ3n) is 19.1. The zero-order valence-corrected chi connectivity index (χ0v) is 66.6. The molecule has 0 aliphatic heterocycles. The molecule has 0 aliphatic rings. The van der Waals surface area contributed by atoms with E-state index in [9.17, 15) is 43.2 Å². The number of hydrogen-bond donors (Lipinski definition) is 3. The van der Waals surface area contributed by atoms with Crippen LogP contribution in [0.4, 0.5) is 0 Å². The van der Waals surface area contributed by atoms with Crippen molar-refractivity contribution >= 4 is 39.5 Å². The normalized spacial score (nSPS) is 14.2. The van der Waals surface area contributed by atoms with Crippen LogP contribution in [0, 0.1) is 11.8 Å². The number of aliphatic hydroxyl groups is 1. The number of esters is 4. The van der Waals surface area contributed by atoms with Gasteiger partial charge in [-0.15, -0.1) is 0 Å². The molecule has 0 aromatic carbocycles. The molecule has 0 spiro atoms. The molecule has 17 nitrogen and oxygen atoms in total. The maximum Gasteiger partial charge on any atom is 0.472 e. The second kappa shape index (κ2) is 71.7. The summed E-state index contributed by atoms with van der Waals surface area (Å²) in [6, 6.07) is 0. The van der Waals surface area contributed by atoms with E-state index in [-0.39, 0.29) is 25.7 Å². The first-order chi connectivity index (χ1) is 47.9. The van der Waals surface area contributed by atoms with E-state index in [1.54, 1.807) is 0 Å². The van der Waals surface area contributed by atoms with Crippen LogP contribution >= 0.6 is 15.6 Å². The van der Waals surface area contributed by atoms with Gasteiger partial charge in [-0.3, -0.25) is 37.3 Å². The van der Waals surface area contributed by atoms with Crippen LogP contribution in [0.15, 0.2) is 0 Å². The van der Waals surface area contributed by atoms with Gasteiger partial charge in [0.25, 0.3) is 0 Å². The minimum absolute atomic E-state index is 0.105. The smallest absolute Gasteiger partial charge is 0.462 e. The Morgan fingerprint density at radius 1 is 0.293 bits per heavy atom. The summed E-state index contributed by atoms with van der Waals surface area (Å²) >= 11 is 0. The van der Waals surface area contributed by atoms with E-state index in [0.717, 1.165) is 108 Å². The van der Waals surface area contributed by atoms with Crippen molar-refractivity contribution in [2.45, 2.75) is 439 Å². The largest absolute Gasteiger partial charge is 0.472 e. The Kier molecular flexibility index (Phi) is 70.3. The number of aliphatic hydroxyl groups excluding tert-OH is 1. The molecular weight excluding hydrogens is 1290 g/mol. The predicted octanol–water partition coefficient (Wildman–Crippen LogP) is 23.9. The van der Waals surface area contributed by atoms with Gasteiger partial charge in [0.05, 0.1) is 26.4 Å². The second-order valence-electron chi connectivity index (χ2n) is 29.5. The van der Waals surface area contributed by atoms with E-state index in [2.05, 4.69) is 41.5 Å². The molecule has 99 heavy (non-hydrogen) atoms. The number of hydrogen-bond acceptors (Lipinski definition) is 15. The highest BCUT2D eigenvalue weighted by atomic mass is 31.2. The molecule has 3 unspecified atom stereocenters. The summed E-state index contributed by atoms with van der Waals surface area (Å²) in [6.45, 7) is 9.57. The van der Waals surface area contributed by atoms with Crippen molar-refractivity contribution in [3.63, 3.8) is 0 Å². The zero-order valence-electron chi connectivity index (χ0n) is 64.8. The van der Waals surface area contributed by atoms with E-state index in [4.69, 9.17) is 37.0 Å². The Labute approximate surface area is 607 Å². The van der Waals surface area contributed by atoms with Gasteiger partial charge in [0, 0.05) is 25.7 Å². The van der Waals surface area contributed by atoms with Crippen LogP contribution in [0.25, 0.3) is 0 Å². The number of rotatable bonds is 79. The van der Waals surface area contributed by atoms with Gasteiger partial charge in [0.1, 0.15) is 19.3 Å². The summed E-state index contributed by atoms with van der Waals surface area (Å²) in [4.78, 5) is 72.6. The minimum Gasteiger partial charge on any atom is -0.462 e. The number of phosphoric acid groups is 2. The van der Waals surface area contributed by atoms with Gasteiger partial charge >= 0.3 is 39.5 Å². The molecule has 6 atom stereocenters. The van der Waals surface area contributed by atoms with Gasteiger partial charge in [-0.1, -0.05) is 369 Å². The second-order valence-corrected chi connectivity index (χ2v) is 32.4. The highest BCUT2D eigenvalue weighted by Gasteiger charge is 2.30. The first-order valence-corrected chi connectivity index (χ1v) is 44.5. The molecule has 0 rings (SSSR count). The van der Waals surface area contributed by atoms with Crippen LogP contribution in [-0.2, 0) is 65.4 Å². The molecule has 0 saturated carbocycles. The minimum atomic E-state index is -4.96. The van der Waals surface area contributed by atoms with Gasteiger partial charge in [0.15, 0.2) is 12.2 Å². The van der Waals surface area contributed by atoms with E-state index >= 15 is 0 Å². The molecule has 588 valence electrons. The molecule has 0 aliphatic carbocycles. The van der Waals surface area contributed by atoms with Crippen LogP contribution in [0.5, 0.6) is 0 Å². The number of phosphoric ester groups is 2. The molecular formula is C80H156O17P2. The Balaban J connectivity index is 5.10. The molecule has 0 bridgehead atoms. The monoisotopic (exact) mass is 1450 g/mol. The van der Waals surface area contributed by atoms with Crippen LogP contribution in [0.2, 0.25) is 0 Å². The molecule has 19 heteroatoms. The third-order valence-corrected chi connectivity index (χ3v) is 21.0. The Bertz CT molecular complexity index is 1910. The lowest BCUT2D eigenvalue weighted by atomic mass is 9.99. The van der Waals surface area contributed by atoms with Crippen molar-refractivity contribution in [3.8, 4) is 0 Å². The quantitative estimate of drug-likeness (QED) is 0.0222. The number of carbonyl (C=O) groups excluding carboxylic acids is 4. The SMILES string of the molecule is CCCCCCCCCCCCCCCCCCCCCCC(=O)OC[C@H](COP(=O)(O)OC[C@@H](O)COP(=O)(O)OC[C@@H](COC(=O)CCCCCCC)OC(=O)CCCCCCCCCCCC(C)C)OC(=O)CCCCCCCCCCCCCCCCCCCCC(C)CC. The van der Waals surface area contributed by atoms with Crippen LogP contribution < -0.4 is 0 Å². The summed E-state index contributed by atoms with van der Waals surface area (Å²) in [5.41, 5.74) is 0. The van der Waals surface area contributed by atoms with Crippen molar-refractivity contribution in [1.29, 1.82) is 0 Å². The highest BCUT2D eigenvalue weighted by molar-refractivity contribution is 7.47. The van der Waals surface area contributed by atoms with Gasteiger partial charge in [0.2, 0.25) is 0 Å². The van der Waals surface area contributed by atoms with Crippen LogP contribution in [0.3, 0.4) is 0 Å². The molecule has 0 fully saturated rings. The molecule has 0 radical (unpaired) electrons. The van der Waals surface area contributed by atoms with E-state index in [0.29, 0.717) is 25.7 Å². The predicted molar refractivity (Wildman–Crippen MR) is 405 cm³/mol. The van der Waals surface area contributed by atoms with E-state index in [1.807, 2.05) is 0 Å². The molecule has 0 heterocycles. The van der Waals surface area contributed by atoms with Crippen molar-refractivity contribution < 1.29 is 80.2 Å². The zero-order chi connectivity index (χ0) is 72.8. The third kappa shape index (κ3) is 72.8. The molecule has 0 saturated heterocycles. The van der Waals surface area contributed by atoms with Crippen molar-refractivity contribution in [3.05, 3.63) is 0 Å². The Hall–Kier alpha value is -1.94. The van der Waals surface area contributed by atoms with Gasteiger partial charge in [-0.2, -0.15) is 0 Å². The average Bonchev–Trinajstić information content (AvgIpc) is 0.986. The lowest BCUT2D eigenvalue weighted by Crippen LogP contribution is -2.30. The fourth-order valence-electron chi connectivity index (χ4n) is 12.3. The average molecular weight is 1450 g/mol. The topological polar surface area (TPSA) is 237 Å². The van der Waals surface area contributed by atoms with Gasteiger partial charge in [-0.25, -0.2) is 9.13 Å². The number of unbranched alkanes of at least 4 members (excludes halogenated alkanes) is 48. The first-order valence-electron chi connectivity index (χ1n) is 41.5.